The van der Waals surface area contributed by atoms with Gasteiger partial charge < -0.3 is 9.74 Å². The summed E-state index contributed by atoms with van der Waals surface area (Å²) in [5.74, 6) is -1.72. The molecule has 1 aromatic carbocycles. The number of amides is 2. The van der Waals surface area contributed by atoms with Gasteiger partial charge in [0.25, 0.3) is 11.8 Å². The van der Waals surface area contributed by atoms with Crippen molar-refractivity contribution < 1.29 is 19.2 Å². The summed E-state index contributed by atoms with van der Waals surface area (Å²) < 4.78 is 0. The smallest absolute Gasteiger partial charge is 0.330 e. The molecule has 0 radical (unpaired) electrons. The second kappa shape index (κ2) is 5.65. The molecule has 6 heteroatoms. The van der Waals surface area contributed by atoms with Crippen molar-refractivity contribution in [2.24, 2.45) is 0 Å². The van der Waals surface area contributed by atoms with Crippen LogP contribution in [-0.4, -0.2) is 47.4 Å². The molecule has 0 aromatic heterocycles. The molecule has 110 valence electrons. The van der Waals surface area contributed by atoms with Gasteiger partial charge in [0.15, 0.2) is 0 Å². The minimum Gasteiger partial charge on any atom is -0.330 e. The third kappa shape index (κ3) is 2.67. The van der Waals surface area contributed by atoms with E-state index in [1.807, 2.05) is 0 Å². The number of hydrogen-bond donors (Lipinski definition) is 0. The molecule has 2 aliphatic heterocycles. The molecule has 0 aliphatic carbocycles. The number of carbonyl (C=O) groups is 3. The Morgan fingerprint density at radius 2 is 1.62 bits per heavy atom. The highest BCUT2D eigenvalue weighted by Gasteiger charge is 2.38. The van der Waals surface area contributed by atoms with Crippen LogP contribution in [0.25, 0.3) is 0 Å². The summed E-state index contributed by atoms with van der Waals surface area (Å²) in [6.45, 7) is 2.57. The van der Waals surface area contributed by atoms with Crippen LogP contribution >= 0.6 is 0 Å². The van der Waals surface area contributed by atoms with Crippen molar-refractivity contribution >= 4 is 17.8 Å². The van der Waals surface area contributed by atoms with Gasteiger partial charge in [0.05, 0.1) is 17.5 Å². The van der Waals surface area contributed by atoms with E-state index in [-0.39, 0.29) is 17.5 Å². The van der Waals surface area contributed by atoms with Gasteiger partial charge in [0, 0.05) is 6.54 Å². The third-order valence-corrected chi connectivity index (χ3v) is 3.78. The zero-order valence-corrected chi connectivity index (χ0v) is 11.6. The van der Waals surface area contributed by atoms with Gasteiger partial charge >= 0.3 is 5.97 Å². The minimum absolute atomic E-state index is 0.174. The van der Waals surface area contributed by atoms with Crippen molar-refractivity contribution in [3.05, 3.63) is 35.4 Å². The molecule has 1 saturated heterocycles. The lowest BCUT2D eigenvalue weighted by molar-refractivity contribution is -0.168. The van der Waals surface area contributed by atoms with E-state index in [1.165, 1.54) is 0 Å². The fourth-order valence-electron chi connectivity index (χ4n) is 2.65. The van der Waals surface area contributed by atoms with Gasteiger partial charge in [-0.05, 0) is 38.1 Å². The van der Waals surface area contributed by atoms with Gasteiger partial charge in [-0.25, -0.2) is 4.79 Å². The minimum atomic E-state index is -0.579. The fraction of sp³-hybridized carbons (Fsp3) is 0.400. The lowest BCUT2D eigenvalue weighted by Crippen LogP contribution is -2.34. The molecule has 6 nitrogen and oxygen atoms in total. The number of benzene rings is 1. The van der Waals surface area contributed by atoms with E-state index >= 15 is 0 Å². The molecule has 0 bridgehead atoms. The Morgan fingerprint density at radius 3 is 2.19 bits per heavy atom. The van der Waals surface area contributed by atoms with Gasteiger partial charge in [-0.1, -0.05) is 17.2 Å². The molecule has 0 saturated carbocycles. The lowest BCUT2D eigenvalue weighted by Gasteiger charge is -2.16. The van der Waals surface area contributed by atoms with Crippen molar-refractivity contribution in [3.63, 3.8) is 0 Å². The van der Waals surface area contributed by atoms with Crippen LogP contribution in [0, 0.1) is 0 Å². The zero-order valence-electron chi connectivity index (χ0n) is 11.6. The van der Waals surface area contributed by atoms with Gasteiger partial charge in [0.1, 0.15) is 0 Å². The predicted octanol–water partition coefficient (Wildman–Crippen LogP) is 1.23. The Labute approximate surface area is 122 Å². The summed E-state index contributed by atoms with van der Waals surface area (Å²) in [4.78, 5) is 43.0. The summed E-state index contributed by atoms with van der Waals surface area (Å²) >= 11 is 0. The topological polar surface area (TPSA) is 66.9 Å². The Balaban J connectivity index is 1.59. The lowest BCUT2D eigenvalue weighted by atomic mass is 10.1. The summed E-state index contributed by atoms with van der Waals surface area (Å²) in [6, 6.07) is 6.44. The third-order valence-electron chi connectivity index (χ3n) is 3.78. The van der Waals surface area contributed by atoms with Crippen molar-refractivity contribution in [3.8, 4) is 0 Å². The summed E-state index contributed by atoms with van der Waals surface area (Å²) in [5, 5.41) is 0.566. The normalized spacial score (nSPS) is 18.2. The standard InChI is InChI=1S/C15H16N2O4/c18-13(7-10-16-8-3-4-9-16)21-17-14(19)11-5-1-2-6-12(11)15(17)20/h1-2,5-6H,3-4,7-10H2. The van der Waals surface area contributed by atoms with Crippen LogP contribution in [-0.2, 0) is 9.63 Å². The number of carbonyl (C=O) groups excluding carboxylic acids is 3. The first kappa shape index (κ1) is 13.8. The van der Waals surface area contributed by atoms with Crippen molar-refractivity contribution in [2.75, 3.05) is 19.6 Å². The predicted molar refractivity (Wildman–Crippen MR) is 73.3 cm³/mol. The average molecular weight is 288 g/mol. The second-order valence-electron chi connectivity index (χ2n) is 5.21. The van der Waals surface area contributed by atoms with Gasteiger partial charge in [-0.2, -0.15) is 0 Å². The molecule has 0 unspecified atom stereocenters. The van der Waals surface area contributed by atoms with E-state index in [0.717, 1.165) is 25.9 Å². The number of imide groups is 1. The highest BCUT2D eigenvalue weighted by atomic mass is 16.7. The van der Waals surface area contributed by atoms with E-state index in [2.05, 4.69) is 4.90 Å². The molecule has 1 fully saturated rings. The number of fused-ring (bicyclic) bond motifs is 1. The van der Waals surface area contributed by atoms with E-state index in [4.69, 9.17) is 4.84 Å². The SMILES string of the molecule is O=C(CCN1CCCC1)ON1C(=O)c2ccccc2C1=O. The average Bonchev–Trinajstić information content (AvgIpc) is 3.09. The Kier molecular flexibility index (Phi) is 3.70. The van der Waals surface area contributed by atoms with Gasteiger partial charge in [-0.3, -0.25) is 9.59 Å². The molecular weight excluding hydrogens is 272 g/mol. The van der Waals surface area contributed by atoms with Crippen LogP contribution < -0.4 is 0 Å². The second-order valence-corrected chi connectivity index (χ2v) is 5.21. The molecule has 3 rings (SSSR count). The first-order chi connectivity index (χ1) is 10.2. The molecular formula is C15H16N2O4. The number of hydrogen-bond acceptors (Lipinski definition) is 5. The summed E-state index contributed by atoms with van der Waals surface area (Å²) in [5.41, 5.74) is 0.546. The molecule has 0 spiro atoms. The zero-order chi connectivity index (χ0) is 14.8. The Morgan fingerprint density at radius 1 is 1.05 bits per heavy atom. The Bertz CT molecular complexity index is 558. The largest absolute Gasteiger partial charge is 0.334 e. The van der Waals surface area contributed by atoms with Gasteiger partial charge in [-0.15, -0.1) is 0 Å². The molecule has 2 heterocycles. The summed E-state index contributed by atoms with van der Waals surface area (Å²) in [6.07, 6.45) is 2.47. The van der Waals surface area contributed by atoms with Gasteiger partial charge in [0.2, 0.25) is 0 Å². The van der Waals surface area contributed by atoms with Crippen LogP contribution in [0.5, 0.6) is 0 Å². The van der Waals surface area contributed by atoms with E-state index < -0.39 is 17.8 Å². The number of likely N-dealkylation sites (tertiary alicyclic amines) is 1. The highest BCUT2D eigenvalue weighted by molar-refractivity contribution is 6.20. The molecule has 2 amide bonds. The van der Waals surface area contributed by atoms with Crippen molar-refractivity contribution in [2.45, 2.75) is 19.3 Å². The van der Waals surface area contributed by atoms with Crippen LogP contribution in [0.2, 0.25) is 0 Å². The maximum absolute atomic E-state index is 12.0. The maximum Gasteiger partial charge on any atom is 0.334 e. The van der Waals surface area contributed by atoms with E-state index in [0.29, 0.717) is 11.6 Å². The quantitative estimate of drug-likeness (QED) is 0.779. The number of hydroxylamine groups is 2. The van der Waals surface area contributed by atoms with E-state index in [1.54, 1.807) is 24.3 Å². The maximum atomic E-state index is 12.0. The van der Waals surface area contributed by atoms with Crippen LogP contribution in [0.15, 0.2) is 24.3 Å². The molecule has 1 aromatic rings. The van der Waals surface area contributed by atoms with E-state index in [9.17, 15) is 14.4 Å². The molecule has 0 atom stereocenters. The summed E-state index contributed by atoms with van der Waals surface area (Å²) in [7, 11) is 0. The van der Waals surface area contributed by atoms with Crippen molar-refractivity contribution in [1.82, 2.24) is 9.96 Å². The Hall–Kier alpha value is -2.21. The fourth-order valence-corrected chi connectivity index (χ4v) is 2.65. The molecule has 21 heavy (non-hydrogen) atoms. The van der Waals surface area contributed by atoms with Crippen molar-refractivity contribution in [1.29, 1.82) is 0 Å². The number of rotatable bonds is 4. The molecule has 2 aliphatic rings. The first-order valence-corrected chi connectivity index (χ1v) is 7.08. The van der Waals surface area contributed by atoms with Crippen LogP contribution in [0.3, 0.4) is 0 Å². The highest BCUT2D eigenvalue weighted by Crippen LogP contribution is 2.22. The monoisotopic (exact) mass is 288 g/mol. The molecule has 0 N–H and O–H groups in total. The van der Waals surface area contributed by atoms with Crippen LogP contribution in [0.4, 0.5) is 0 Å². The number of nitrogens with zero attached hydrogens (tertiary/aromatic N) is 2. The van der Waals surface area contributed by atoms with Crippen LogP contribution in [0.1, 0.15) is 40.0 Å². The first-order valence-electron chi connectivity index (χ1n) is 7.08.